The predicted molar refractivity (Wildman–Crippen MR) is 32.4 cm³/mol. The van der Waals surface area contributed by atoms with Gasteiger partial charge in [0.1, 0.15) is 0 Å². The van der Waals surface area contributed by atoms with Crippen molar-refractivity contribution in [1.82, 2.24) is 0 Å². The molecule has 0 heterocycles. The van der Waals surface area contributed by atoms with E-state index in [2.05, 4.69) is 0 Å². The largest absolute Gasteiger partial charge is 0.473 e. The molecule has 0 aromatic heterocycles. The standard InChI is InChI=1S/C6F10O2/c7-1(8)2(9)18-6(15,16)5(13,14)4(11,12)3(10)17. The molecule has 0 rings (SSSR count). The zero-order chi connectivity index (χ0) is 14.9. The quantitative estimate of drug-likeness (QED) is 0.441. The van der Waals surface area contributed by atoms with E-state index in [1.807, 2.05) is 4.74 Å². The van der Waals surface area contributed by atoms with E-state index >= 15 is 0 Å². The molecule has 0 aromatic carbocycles. The van der Waals surface area contributed by atoms with Gasteiger partial charge in [0.25, 0.3) is 0 Å². The molecule has 0 bridgehead atoms. The average molecular weight is 294 g/mol. The molecule has 18 heavy (non-hydrogen) atoms. The highest BCUT2D eigenvalue weighted by molar-refractivity contribution is 5.77. The van der Waals surface area contributed by atoms with Gasteiger partial charge in [0, 0.05) is 0 Å². The normalized spacial score (nSPS) is 13.2. The van der Waals surface area contributed by atoms with Crippen LogP contribution in [0.4, 0.5) is 43.9 Å². The molecule has 106 valence electrons. The summed E-state index contributed by atoms with van der Waals surface area (Å²) < 4.78 is 121. The van der Waals surface area contributed by atoms with Crippen LogP contribution < -0.4 is 0 Å². The number of ether oxygens (including phenoxy) is 1. The van der Waals surface area contributed by atoms with Crippen LogP contribution in [-0.4, -0.2) is 24.0 Å². The van der Waals surface area contributed by atoms with Crippen molar-refractivity contribution in [3.63, 3.8) is 0 Å². The molecular formula is C6F10O2. The average Bonchev–Trinajstić information content (AvgIpc) is 2.15. The van der Waals surface area contributed by atoms with Crippen molar-refractivity contribution in [1.29, 1.82) is 0 Å². The van der Waals surface area contributed by atoms with Gasteiger partial charge in [-0.05, 0) is 0 Å². The Morgan fingerprint density at radius 2 is 1.22 bits per heavy atom. The van der Waals surface area contributed by atoms with Crippen molar-refractivity contribution in [2.75, 3.05) is 0 Å². The highest BCUT2D eigenvalue weighted by Crippen LogP contribution is 2.48. The van der Waals surface area contributed by atoms with Crippen molar-refractivity contribution in [2.24, 2.45) is 0 Å². The Morgan fingerprint density at radius 1 is 0.833 bits per heavy atom. The fourth-order valence-corrected chi connectivity index (χ4v) is 0.521. The molecule has 0 spiro atoms. The molecule has 0 aliphatic rings. The van der Waals surface area contributed by atoms with Gasteiger partial charge in [0.2, 0.25) is 0 Å². The third kappa shape index (κ3) is 2.67. The third-order valence-corrected chi connectivity index (χ3v) is 1.37. The van der Waals surface area contributed by atoms with Crippen molar-refractivity contribution >= 4 is 6.04 Å². The lowest BCUT2D eigenvalue weighted by molar-refractivity contribution is -0.385. The second kappa shape index (κ2) is 4.65. The van der Waals surface area contributed by atoms with Crippen LogP contribution in [0.5, 0.6) is 0 Å². The van der Waals surface area contributed by atoms with Crippen LogP contribution in [-0.2, 0) is 9.53 Å². The Bertz CT molecular complexity index is 369. The van der Waals surface area contributed by atoms with Gasteiger partial charge < -0.3 is 4.74 Å². The summed E-state index contributed by atoms with van der Waals surface area (Å²) in [5, 5.41) is 0. The van der Waals surface area contributed by atoms with Crippen LogP contribution in [0.3, 0.4) is 0 Å². The molecule has 0 aliphatic carbocycles. The Balaban J connectivity index is 5.47. The summed E-state index contributed by atoms with van der Waals surface area (Å²) in [6.07, 6.45) is -10.2. The molecule has 0 aliphatic heterocycles. The number of carbonyl (C=O) groups is 1. The number of carbonyl (C=O) groups excluding carboxylic acids is 1. The first-order valence-corrected chi connectivity index (χ1v) is 3.50. The van der Waals surface area contributed by atoms with Crippen molar-refractivity contribution in [3.05, 3.63) is 12.1 Å². The Morgan fingerprint density at radius 3 is 1.50 bits per heavy atom. The highest BCUT2D eigenvalue weighted by atomic mass is 19.4. The third-order valence-electron chi connectivity index (χ3n) is 1.37. The molecule has 0 atom stereocenters. The lowest BCUT2D eigenvalue weighted by Crippen LogP contribution is -2.57. The van der Waals surface area contributed by atoms with E-state index < -0.39 is 36.1 Å². The molecule has 0 amide bonds. The van der Waals surface area contributed by atoms with E-state index in [4.69, 9.17) is 0 Å². The lowest BCUT2D eigenvalue weighted by Gasteiger charge is -2.28. The summed E-state index contributed by atoms with van der Waals surface area (Å²) >= 11 is 0. The predicted octanol–water partition coefficient (Wildman–Crippen LogP) is 3.40. The van der Waals surface area contributed by atoms with Crippen LogP contribution in [0.1, 0.15) is 0 Å². The fraction of sp³-hybridized carbons (Fsp3) is 0.500. The number of halogens is 10. The first-order valence-electron chi connectivity index (χ1n) is 3.50. The number of rotatable bonds is 5. The van der Waals surface area contributed by atoms with E-state index in [9.17, 15) is 48.7 Å². The van der Waals surface area contributed by atoms with Crippen LogP contribution in [0.25, 0.3) is 0 Å². The molecule has 0 radical (unpaired) electrons. The van der Waals surface area contributed by atoms with Gasteiger partial charge in [-0.1, -0.05) is 0 Å². The first-order chi connectivity index (χ1) is 7.77. The first kappa shape index (κ1) is 16.5. The zero-order valence-corrected chi connectivity index (χ0v) is 7.60. The number of hydrogen-bond donors (Lipinski definition) is 0. The summed E-state index contributed by atoms with van der Waals surface area (Å²) in [5.41, 5.74) is 0. The maximum Gasteiger partial charge on any atom is 0.473 e. The molecule has 0 fully saturated rings. The smallest absolute Gasteiger partial charge is 0.397 e. The summed E-state index contributed by atoms with van der Waals surface area (Å²) in [6.45, 7) is 0. The molecule has 0 aromatic rings. The molecule has 2 nitrogen and oxygen atoms in total. The van der Waals surface area contributed by atoms with E-state index in [-0.39, 0.29) is 0 Å². The van der Waals surface area contributed by atoms with Gasteiger partial charge in [0.05, 0.1) is 0 Å². The lowest BCUT2D eigenvalue weighted by atomic mass is 10.1. The second-order valence-electron chi connectivity index (χ2n) is 2.58. The van der Waals surface area contributed by atoms with Crippen molar-refractivity contribution < 1.29 is 53.4 Å². The Hall–Kier alpha value is -1.49. The van der Waals surface area contributed by atoms with E-state index in [0.717, 1.165) is 0 Å². The fourth-order valence-electron chi connectivity index (χ4n) is 0.521. The van der Waals surface area contributed by atoms with Crippen molar-refractivity contribution in [2.45, 2.75) is 18.0 Å². The van der Waals surface area contributed by atoms with Crippen molar-refractivity contribution in [3.8, 4) is 0 Å². The molecule has 0 N–H and O–H groups in total. The SMILES string of the molecule is O=C(F)C(F)(F)C(F)(F)C(F)(F)OC(F)=C(F)F. The summed E-state index contributed by atoms with van der Waals surface area (Å²) in [4.78, 5) is 9.44. The van der Waals surface area contributed by atoms with E-state index in [1.54, 1.807) is 0 Å². The van der Waals surface area contributed by atoms with Gasteiger partial charge in [-0.15, -0.1) is 0 Å². The van der Waals surface area contributed by atoms with E-state index in [1.165, 1.54) is 0 Å². The van der Waals surface area contributed by atoms with Crippen LogP contribution in [0.2, 0.25) is 0 Å². The molecule has 0 saturated carbocycles. The Labute approximate surface area is 90.8 Å². The maximum absolute atomic E-state index is 12.3. The van der Waals surface area contributed by atoms with Crippen LogP contribution in [0, 0.1) is 0 Å². The summed E-state index contributed by atoms with van der Waals surface area (Å²) in [6, 6.07) is -7.76. The van der Waals surface area contributed by atoms with E-state index in [0.29, 0.717) is 0 Å². The summed E-state index contributed by atoms with van der Waals surface area (Å²) in [5.74, 6) is -13.5. The highest BCUT2D eigenvalue weighted by Gasteiger charge is 2.78. The number of alkyl halides is 6. The van der Waals surface area contributed by atoms with Gasteiger partial charge in [-0.3, -0.25) is 4.79 Å². The van der Waals surface area contributed by atoms with Gasteiger partial charge in [0.15, 0.2) is 0 Å². The second-order valence-corrected chi connectivity index (χ2v) is 2.58. The minimum atomic E-state index is -6.89. The maximum atomic E-state index is 12.3. The molecule has 12 heteroatoms. The Kier molecular flexibility index (Phi) is 4.26. The topological polar surface area (TPSA) is 26.3 Å². The molecule has 0 unspecified atom stereocenters. The molecular weight excluding hydrogens is 294 g/mol. The van der Waals surface area contributed by atoms with Crippen LogP contribution in [0.15, 0.2) is 12.1 Å². The minimum Gasteiger partial charge on any atom is -0.397 e. The molecule has 0 saturated heterocycles. The van der Waals surface area contributed by atoms with Gasteiger partial charge in [-0.2, -0.15) is 43.9 Å². The number of hydrogen-bond acceptors (Lipinski definition) is 2. The monoisotopic (exact) mass is 294 g/mol. The van der Waals surface area contributed by atoms with Crippen LogP contribution >= 0.6 is 0 Å². The zero-order valence-electron chi connectivity index (χ0n) is 7.60. The van der Waals surface area contributed by atoms with Gasteiger partial charge in [-0.25, -0.2) is 0 Å². The van der Waals surface area contributed by atoms with Gasteiger partial charge >= 0.3 is 36.1 Å². The summed E-state index contributed by atoms with van der Waals surface area (Å²) in [7, 11) is 0. The minimum absolute atomic E-state index is 1.98.